The summed E-state index contributed by atoms with van der Waals surface area (Å²) in [5.74, 6) is 0.686. The summed E-state index contributed by atoms with van der Waals surface area (Å²) in [4.78, 5) is 15.9. The molecule has 0 radical (unpaired) electrons. The fraction of sp³-hybridized carbons (Fsp3) is 0.368. The van der Waals surface area contributed by atoms with Crippen molar-refractivity contribution in [2.75, 3.05) is 0 Å². The maximum absolute atomic E-state index is 11.3. The minimum atomic E-state index is -0.451. The van der Waals surface area contributed by atoms with E-state index in [4.69, 9.17) is 5.73 Å². The summed E-state index contributed by atoms with van der Waals surface area (Å²) < 4.78 is 3.71. The van der Waals surface area contributed by atoms with Crippen LogP contribution >= 0.6 is 0 Å². The van der Waals surface area contributed by atoms with Gasteiger partial charge in [-0.2, -0.15) is 10.2 Å². The zero-order valence-electron chi connectivity index (χ0n) is 15.8. The van der Waals surface area contributed by atoms with Gasteiger partial charge < -0.3 is 5.73 Å². The zero-order chi connectivity index (χ0) is 19.0. The molecular formula is C19H24N6O. The highest BCUT2D eigenvalue weighted by atomic mass is 16.1. The largest absolute Gasteiger partial charge is 0.369 e. The molecule has 0 fully saturated rings. The molecule has 0 aliphatic heterocycles. The second-order valence-electron chi connectivity index (χ2n) is 6.83. The number of carbonyl (C=O) groups is 1. The Hall–Kier alpha value is -2.96. The monoisotopic (exact) mass is 352 g/mol. The molecule has 0 spiro atoms. The summed E-state index contributed by atoms with van der Waals surface area (Å²) in [6.45, 7) is 10.1. The third kappa shape index (κ3) is 3.51. The first kappa shape index (κ1) is 17.8. The Labute approximate surface area is 152 Å². The molecule has 0 saturated heterocycles. The van der Waals surface area contributed by atoms with Crippen LogP contribution in [-0.4, -0.2) is 30.5 Å². The molecule has 2 aromatic heterocycles. The Kier molecular flexibility index (Phi) is 4.63. The van der Waals surface area contributed by atoms with E-state index in [9.17, 15) is 4.79 Å². The summed E-state index contributed by atoms with van der Waals surface area (Å²) in [7, 11) is 0. The minimum absolute atomic E-state index is 0.00857. The first-order chi connectivity index (χ1) is 12.2. The number of primary amides is 1. The van der Waals surface area contributed by atoms with Crippen molar-refractivity contribution in [2.24, 2.45) is 5.73 Å². The quantitative estimate of drug-likeness (QED) is 0.763. The fourth-order valence-corrected chi connectivity index (χ4v) is 3.28. The van der Waals surface area contributed by atoms with Gasteiger partial charge in [0.2, 0.25) is 5.91 Å². The molecule has 0 aliphatic carbocycles. The van der Waals surface area contributed by atoms with Crippen LogP contribution in [0.4, 0.5) is 0 Å². The number of nitrogens with two attached hydrogens (primary N) is 1. The van der Waals surface area contributed by atoms with Gasteiger partial charge in [0.05, 0.1) is 17.8 Å². The van der Waals surface area contributed by atoms with Gasteiger partial charge in [-0.1, -0.05) is 6.07 Å². The van der Waals surface area contributed by atoms with Gasteiger partial charge in [0.15, 0.2) is 11.6 Å². The van der Waals surface area contributed by atoms with Crippen LogP contribution < -0.4 is 5.73 Å². The van der Waals surface area contributed by atoms with E-state index in [0.717, 1.165) is 34.0 Å². The molecule has 1 unspecified atom stereocenters. The van der Waals surface area contributed by atoms with Crippen LogP contribution in [0.3, 0.4) is 0 Å². The maximum atomic E-state index is 11.3. The van der Waals surface area contributed by atoms with Crippen LogP contribution in [0.2, 0.25) is 0 Å². The summed E-state index contributed by atoms with van der Waals surface area (Å²) in [5.41, 5.74) is 10.5. The van der Waals surface area contributed by atoms with Crippen LogP contribution in [-0.2, 0) is 11.2 Å². The Morgan fingerprint density at radius 2 is 1.73 bits per heavy atom. The smallest absolute Gasteiger partial charge is 0.225 e. The van der Waals surface area contributed by atoms with Crippen molar-refractivity contribution < 1.29 is 4.79 Å². The Bertz CT molecular complexity index is 948. The van der Waals surface area contributed by atoms with Crippen molar-refractivity contribution in [2.45, 2.75) is 47.1 Å². The Balaban J connectivity index is 2.14. The Morgan fingerprint density at radius 1 is 1.08 bits per heavy atom. The summed E-state index contributed by atoms with van der Waals surface area (Å²) >= 11 is 0. The van der Waals surface area contributed by atoms with E-state index in [0.29, 0.717) is 5.82 Å². The molecule has 26 heavy (non-hydrogen) atoms. The van der Waals surface area contributed by atoms with Crippen molar-refractivity contribution in [1.82, 2.24) is 24.5 Å². The van der Waals surface area contributed by atoms with E-state index in [1.165, 1.54) is 0 Å². The summed E-state index contributed by atoms with van der Waals surface area (Å²) in [6, 6.07) is 8.09. The fourth-order valence-electron chi connectivity index (χ4n) is 3.28. The first-order valence-electron chi connectivity index (χ1n) is 8.60. The second-order valence-corrected chi connectivity index (χ2v) is 6.83. The van der Waals surface area contributed by atoms with Crippen LogP contribution in [0.1, 0.15) is 47.1 Å². The van der Waals surface area contributed by atoms with E-state index >= 15 is 0 Å². The van der Waals surface area contributed by atoms with Gasteiger partial charge in [-0.3, -0.25) is 9.48 Å². The van der Waals surface area contributed by atoms with Crippen LogP contribution in [0.25, 0.3) is 5.69 Å². The predicted octanol–water partition coefficient (Wildman–Crippen LogP) is 2.33. The average molecular weight is 352 g/mol. The third-order valence-electron chi connectivity index (χ3n) is 4.24. The number of nitrogens with zero attached hydrogens (tertiary/aromatic N) is 5. The predicted molar refractivity (Wildman–Crippen MR) is 99.2 cm³/mol. The lowest BCUT2D eigenvalue weighted by atomic mass is 10.1. The molecule has 0 saturated carbocycles. The topological polar surface area (TPSA) is 91.6 Å². The van der Waals surface area contributed by atoms with E-state index in [1.807, 2.05) is 57.5 Å². The normalized spacial score (nSPS) is 12.3. The van der Waals surface area contributed by atoms with E-state index < -0.39 is 5.91 Å². The van der Waals surface area contributed by atoms with Gasteiger partial charge in [-0.25, -0.2) is 9.67 Å². The lowest BCUT2D eigenvalue weighted by Gasteiger charge is -2.15. The van der Waals surface area contributed by atoms with Gasteiger partial charge in [-0.05, 0) is 63.9 Å². The number of amides is 1. The van der Waals surface area contributed by atoms with Crippen LogP contribution in [0, 0.1) is 27.7 Å². The maximum Gasteiger partial charge on any atom is 0.225 e. The van der Waals surface area contributed by atoms with Crippen molar-refractivity contribution in [3.8, 4) is 5.69 Å². The van der Waals surface area contributed by atoms with Crippen molar-refractivity contribution >= 4 is 5.91 Å². The molecule has 1 amide bonds. The lowest BCUT2D eigenvalue weighted by molar-refractivity contribution is -0.117. The zero-order valence-corrected chi connectivity index (χ0v) is 15.8. The van der Waals surface area contributed by atoms with E-state index in [1.54, 1.807) is 4.68 Å². The highest BCUT2D eigenvalue weighted by Crippen LogP contribution is 2.23. The average Bonchev–Trinajstić information content (AvgIpc) is 3.08. The molecule has 2 heterocycles. The van der Waals surface area contributed by atoms with Gasteiger partial charge in [0.25, 0.3) is 0 Å². The molecule has 7 heteroatoms. The number of benzene rings is 1. The number of carbonyl (C=O) groups excluding carboxylic acids is 1. The third-order valence-corrected chi connectivity index (χ3v) is 4.24. The molecule has 3 rings (SSSR count). The SMILES string of the molecule is Cc1cc(C)cc(-n2nc(CC(N)=O)nc2C(C)n2nc(C)cc2C)c1. The highest BCUT2D eigenvalue weighted by molar-refractivity contribution is 5.75. The molecule has 1 aromatic carbocycles. The number of aromatic nitrogens is 5. The molecule has 1 atom stereocenters. The number of hydrogen-bond acceptors (Lipinski definition) is 4. The van der Waals surface area contributed by atoms with Crippen LogP contribution in [0.15, 0.2) is 24.3 Å². The van der Waals surface area contributed by atoms with Crippen molar-refractivity contribution in [3.63, 3.8) is 0 Å². The van der Waals surface area contributed by atoms with E-state index in [-0.39, 0.29) is 12.5 Å². The summed E-state index contributed by atoms with van der Waals surface area (Å²) in [6.07, 6.45) is 0.00857. The van der Waals surface area contributed by atoms with Gasteiger partial charge in [0, 0.05) is 5.69 Å². The number of rotatable bonds is 5. The van der Waals surface area contributed by atoms with Gasteiger partial charge >= 0.3 is 0 Å². The molecule has 0 aliphatic rings. The lowest BCUT2D eigenvalue weighted by Crippen LogP contribution is -2.16. The van der Waals surface area contributed by atoms with Crippen LogP contribution in [0.5, 0.6) is 0 Å². The first-order valence-corrected chi connectivity index (χ1v) is 8.60. The number of aryl methyl sites for hydroxylation is 4. The standard InChI is InChI=1S/C19H24N6O/c1-11-6-12(2)8-16(7-11)25-19(21-18(23-25)10-17(20)26)15(5)24-14(4)9-13(3)22-24/h6-9,15H,10H2,1-5H3,(H2,20,26). The highest BCUT2D eigenvalue weighted by Gasteiger charge is 2.22. The Morgan fingerprint density at radius 3 is 2.27 bits per heavy atom. The summed E-state index contributed by atoms with van der Waals surface area (Å²) in [5, 5.41) is 9.12. The van der Waals surface area contributed by atoms with Gasteiger partial charge in [-0.15, -0.1) is 0 Å². The number of hydrogen-bond donors (Lipinski definition) is 1. The molecular weight excluding hydrogens is 328 g/mol. The second kappa shape index (κ2) is 6.74. The minimum Gasteiger partial charge on any atom is -0.369 e. The van der Waals surface area contributed by atoms with Gasteiger partial charge in [0.1, 0.15) is 6.04 Å². The van der Waals surface area contributed by atoms with Crippen molar-refractivity contribution in [1.29, 1.82) is 0 Å². The van der Waals surface area contributed by atoms with Crippen molar-refractivity contribution in [3.05, 3.63) is 58.4 Å². The molecule has 2 N–H and O–H groups in total. The van der Waals surface area contributed by atoms with E-state index in [2.05, 4.69) is 21.2 Å². The molecule has 3 aromatic rings. The molecule has 7 nitrogen and oxygen atoms in total. The molecule has 136 valence electrons. The molecule has 0 bridgehead atoms.